The molecule has 0 amide bonds. The number of nitrogens with zero attached hydrogens (tertiary/aromatic N) is 1. The Morgan fingerprint density at radius 3 is 2.40 bits per heavy atom. The zero-order valence-electron chi connectivity index (χ0n) is 10.2. The SMILES string of the molecule is CN(CC1CCCCC1O)CC(C)(C)O. The third-order valence-corrected chi connectivity index (χ3v) is 3.07. The topological polar surface area (TPSA) is 43.7 Å². The van der Waals surface area contributed by atoms with Crippen molar-refractivity contribution in [3.8, 4) is 0 Å². The van der Waals surface area contributed by atoms with E-state index in [1.165, 1.54) is 6.42 Å². The molecule has 90 valence electrons. The van der Waals surface area contributed by atoms with Gasteiger partial charge in [-0.25, -0.2) is 0 Å². The quantitative estimate of drug-likeness (QED) is 0.741. The molecule has 0 aromatic rings. The van der Waals surface area contributed by atoms with Crippen molar-refractivity contribution in [2.24, 2.45) is 5.92 Å². The third-order valence-electron chi connectivity index (χ3n) is 3.07. The van der Waals surface area contributed by atoms with Crippen LogP contribution in [-0.4, -0.2) is 47.0 Å². The first-order valence-corrected chi connectivity index (χ1v) is 5.97. The Kier molecular flexibility index (Phi) is 4.56. The van der Waals surface area contributed by atoms with Gasteiger partial charge in [0.05, 0.1) is 11.7 Å². The minimum atomic E-state index is -0.644. The molecule has 0 saturated heterocycles. The van der Waals surface area contributed by atoms with Gasteiger partial charge in [-0.05, 0) is 39.7 Å². The van der Waals surface area contributed by atoms with E-state index in [9.17, 15) is 10.2 Å². The van der Waals surface area contributed by atoms with E-state index in [-0.39, 0.29) is 6.10 Å². The number of hydrogen-bond acceptors (Lipinski definition) is 3. The Bertz CT molecular complexity index is 189. The highest BCUT2D eigenvalue weighted by molar-refractivity contribution is 4.78. The predicted molar refractivity (Wildman–Crippen MR) is 61.8 cm³/mol. The zero-order chi connectivity index (χ0) is 11.5. The molecule has 0 radical (unpaired) electrons. The molecule has 1 saturated carbocycles. The molecule has 1 fully saturated rings. The maximum absolute atomic E-state index is 9.83. The zero-order valence-corrected chi connectivity index (χ0v) is 10.2. The van der Waals surface area contributed by atoms with E-state index in [0.717, 1.165) is 25.8 Å². The molecule has 1 aliphatic rings. The van der Waals surface area contributed by atoms with E-state index in [2.05, 4.69) is 4.90 Å². The molecule has 2 unspecified atom stereocenters. The fourth-order valence-corrected chi connectivity index (χ4v) is 2.53. The highest BCUT2D eigenvalue weighted by atomic mass is 16.3. The van der Waals surface area contributed by atoms with E-state index in [4.69, 9.17) is 0 Å². The molecule has 0 bridgehead atoms. The molecule has 2 atom stereocenters. The maximum Gasteiger partial charge on any atom is 0.0718 e. The molecular formula is C12H25NO2. The molecule has 0 aliphatic heterocycles. The first-order chi connectivity index (χ1) is 6.88. The van der Waals surface area contributed by atoms with Crippen LogP contribution >= 0.6 is 0 Å². The number of hydrogen-bond donors (Lipinski definition) is 2. The third kappa shape index (κ3) is 4.96. The highest BCUT2D eigenvalue weighted by Gasteiger charge is 2.25. The van der Waals surface area contributed by atoms with Crippen LogP contribution in [0.25, 0.3) is 0 Å². The molecule has 2 N–H and O–H groups in total. The van der Waals surface area contributed by atoms with Crippen LogP contribution < -0.4 is 0 Å². The lowest BCUT2D eigenvalue weighted by atomic mass is 9.86. The van der Waals surface area contributed by atoms with Crippen LogP contribution in [0, 0.1) is 5.92 Å². The van der Waals surface area contributed by atoms with Crippen LogP contribution in [0.3, 0.4) is 0 Å². The van der Waals surface area contributed by atoms with Gasteiger partial charge in [-0.2, -0.15) is 0 Å². The Morgan fingerprint density at radius 1 is 1.27 bits per heavy atom. The van der Waals surface area contributed by atoms with Crippen LogP contribution in [0.15, 0.2) is 0 Å². The summed E-state index contributed by atoms with van der Waals surface area (Å²) >= 11 is 0. The summed E-state index contributed by atoms with van der Waals surface area (Å²) in [6, 6.07) is 0. The van der Waals surface area contributed by atoms with Crippen LogP contribution in [0.2, 0.25) is 0 Å². The molecule has 15 heavy (non-hydrogen) atoms. The van der Waals surface area contributed by atoms with Gasteiger partial charge in [0.15, 0.2) is 0 Å². The Balaban J connectivity index is 2.33. The van der Waals surface area contributed by atoms with Crippen LogP contribution in [0.4, 0.5) is 0 Å². The Labute approximate surface area is 93.1 Å². The van der Waals surface area contributed by atoms with E-state index in [0.29, 0.717) is 12.5 Å². The van der Waals surface area contributed by atoms with Crippen molar-refractivity contribution in [3.05, 3.63) is 0 Å². The number of aliphatic hydroxyl groups excluding tert-OH is 1. The van der Waals surface area contributed by atoms with Gasteiger partial charge in [-0.15, -0.1) is 0 Å². The van der Waals surface area contributed by atoms with E-state index >= 15 is 0 Å². The highest BCUT2D eigenvalue weighted by Crippen LogP contribution is 2.25. The largest absolute Gasteiger partial charge is 0.393 e. The fraction of sp³-hybridized carbons (Fsp3) is 1.00. The predicted octanol–water partition coefficient (Wildman–Crippen LogP) is 1.24. The van der Waals surface area contributed by atoms with Crippen molar-refractivity contribution in [1.29, 1.82) is 0 Å². The van der Waals surface area contributed by atoms with Crippen LogP contribution in [0.1, 0.15) is 39.5 Å². The maximum atomic E-state index is 9.83. The standard InChI is InChI=1S/C12H25NO2/c1-12(2,15)9-13(3)8-10-6-4-5-7-11(10)14/h10-11,14-15H,4-9H2,1-3H3. The molecule has 0 aromatic heterocycles. The summed E-state index contributed by atoms with van der Waals surface area (Å²) in [5, 5.41) is 19.5. The van der Waals surface area contributed by atoms with Crippen molar-refractivity contribution >= 4 is 0 Å². The first kappa shape index (κ1) is 12.9. The average molecular weight is 215 g/mol. The molecule has 1 aliphatic carbocycles. The summed E-state index contributed by atoms with van der Waals surface area (Å²) in [6.45, 7) is 5.20. The summed E-state index contributed by atoms with van der Waals surface area (Å²) in [6.07, 6.45) is 4.33. The van der Waals surface area contributed by atoms with Gasteiger partial charge in [-0.1, -0.05) is 12.8 Å². The van der Waals surface area contributed by atoms with Gasteiger partial charge in [-0.3, -0.25) is 0 Å². The monoisotopic (exact) mass is 215 g/mol. The summed E-state index contributed by atoms with van der Waals surface area (Å²) in [4.78, 5) is 2.12. The fourth-order valence-electron chi connectivity index (χ4n) is 2.53. The lowest BCUT2D eigenvalue weighted by Crippen LogP contribution is -2.41. The second-order valence-electron chi connectivity index (χ2n) is 5.62. The average Bonchev–Trinajstić information content (AvgIpc) is 2.05. The first-order valence-electron chi connectivity index (χ1n) is 5.97. The molecule has 0 spiro atoms. The second kappa shape index (κ2) is 5.28. The van der Waals surface area contributed by atoms with Gasteiger partial charge in [0.2, 0.25) is 0 Å². The van der Waals surface area contributed by atoms with Crippen molar-refractivity contribution in [2.75, 3.05) is 20.1 Å². The lowest BCUT2D eigenvalue weighted by molar-refractivity contribution is 0.0145. The van der Waals surface area contributed by atoms with Crippen LogP contribution in [0.5, 0.6) is 0 Å². The number of likely N-dealkylation sites (N-methyl/N-ethyl adjacent to an activating group) is 1. The van der Waals surface area contributed by atoms with Crippen molar-refractivity contribution in [3.63, 3.8) is 0 Å². The number of aliphatic hydroxyl groups is 2. The summed E-state index contributed by atoms with van der Waals surface area (Å²) < 4.78 is 0. The molecule has 3 nitrogen and oxygen atoms in total. The van der Waals surface area contributed by atoms with Gasteiger partial charge >= 0.3 is 0 Å². The molecule has 0 heterocycles. The van der Waals surface area contributed by atoms with Gasteiger partial charge in [0.25, 0.3) is 0 Å². The van der Waals surface area contributed by atoms with Gasteiger partial charge in [0, 0.05) is 13.1 Å². The lowest BCUT2D eigenvalue weighted by Gasteiger charge is -2.33. The smallest absolute Gasteiger partial charge is 0.0718 e. The normalized spacial score (nSPS) is 28.4. The summed E-state index contributed by atoms with van der Waals surface area (Å²) in [5.41, 5.74) is -0.644. The molecular weight excluding hydrogens is 190 g/mol. The second-order valence-corrected chi connectivity index (χ2v) is 5.62. The van der Waals surface area contributed by atoms with Gasteiger partial charge in [0.1, 0.15) is 0 Å². The molecule has 3 heteroatoms. The number of rotatable bonds is 4. The Morgan fingerprint density at radius 2 is 1.87 bits per heavy atom. The Hall–Kier alpha value is -0.120. The van der Waals surface area contributed by atoms with E-state index < -0.39 is 5.60 Å². The van der Waals surface area contributed by atoms with Crippen molar-refractivity contribution < 1.29 is 10.2 Å². The van der Waals surface area contributed by atoms with Crippen LogP contribution in [-0.2, 0) is 0 Å². The molecule has 0 aromatic carbocycles. The van der Waals surface area contributed by atoms with Gasteiger partial charge < -0.3 is 15.1 Å². The molecule has 1 rings (SSSR count). The minimum Gasteiger partial charge on any atom is -0.393 e. The van der Waals surface area contributed by atoms with E-state index in [1.54, 1.807) is 0 Å². The summed E-state index contributed by atoms with van der Waals surface area (Å²) in [5.74, 6) is 0.395. The van der Waals surface area contributed by atoms with Crippen molar-refractivity contribution in [1.82, 2.24) is 4.90 Å². The summed E-state index contributed by atoms with van der Waals surface area (Å²) in [7, 11) is 2.01. The van der Waals surface area contributed by atoms with E-state index in [1.807, 2.05) is 20.9 Å². The van der Waals surface area contributed by atoms with Crippen molar-refractivity contribution in [2.45, 2.75) is 51.2 Å². The minimum absolute atomic E-state index is 0.136.